The van der Waals surface area contributed by atoms with E-state index >= 15 is 0 Å². The maximum Gasteiger partial charge on any atom is 0.417 e. The Morgan fingerprint density at radius 2 is 2.00 bits per heavy atom. The number of rotatable bonds is 3. The number of nitrogens with one attached hydrogen (secondary N) is 1. The molecular formula is C15H17F3N4O2S. The van der Waals surface area contributed by atoms with Gasteiger partial charge in [0.1, 0.15) is 5.82 Å². The number of aryl methyl sites for hydroxylation is 1. The van der Waals surface area contributed by atoms with Crippen molar-refractivity contribution in [3.8, 4) is 0 Å². The third-order valence-electron chi connectivity index (χ3n) is 4.13. The molecule has 3 rings (SSSR count). The van der Waals surface area contributed by atoms with Crippen LogP contribution in [0, 0.1) is 0 Å². The number of imidazole rings is 1. The van der Waals surface area contributed by atoms with Crippen LogP contribution in [0.1, 0.15) is 17.4 Å². The Morgan fingerprint density at radius 1 is 1.28 bits per heavy atom. The van der Waals surface area contributed by atoms with Crippen molar-refractivity contribution in [2.24, 2.45) is 7.05 Å². The van der Waals surface area contributed by atoms with E-state index in [2.05, 4.69) is 10.3 Å². The van der Waals surface area contributed by atoms with Gasteiger partial charge < -0.3 is 9.88 Å². The van der Waals surface area contributed by atoms with Crippen molar-refractivity contribution < 1.29 is 21.6 Å². The summed E-state index contributed by atoms with van der Waals surface area (Å²) in [7, 11) is -2.63. The van der Waals surface area contributed by atoms with E-state index in [1.165, 1.54) is 18.3 Å². The van der Waals surface area contributed by atoms with Crippen LogP contribution in [0.15, 0.2) is 41.6 Å². The Hall–Kier alpha value is -1.91. The second-order valence-corrected chi connectivity index (χ2v) is 7.58. The highest BCUT2D eigenvalue weighted by Crippen LogP contribution is 2.37. The Balaban J connectivity index is 2.09. The molecule has 0 radical (unpaired) electrons. The molecule has 10 heteroatoms. The first-order chi connectivity index (χ1) is 11.7. The van der Waals surface area contributed by atoms with Gasteiger partial charge in [0.15, 0.2) is 0 Å². The van der Waals surface area contributed by atoms with E-state index < -0.39 is 32.7 Å². The molecule has 2 heterocycles. The molecule has 1 aromatic heterocycles. The van der Waals surface area contributed by atoms with Crippen LogP contribution >= 0.6 is 0 Å². The average molecular weight is 374 g/mol. The summed E-state index contributed by atoms with van der Waals surface area (Å²) in [6, 6.07) is 3.57. The van der Waals surface area contributed by atoms with Crippen LogP contribution in [0.2, 0.25) is 0 Å². The summed E-state index contributed by atoms with van der Waals surface area (Å²) in [6.07, 6.45) is -1.56. The Labute approximate surface area is 143 Å². The number of alkyl halides is 3. The van der Waals surface area contributed by atoms with Crippen molar-refractivity contribution in [3.05, 3.63) is 48.0 Å². The van der Waals surface area contributed by atoms with Gasteiger partial charge in [0.2, 0.25) is 10.0 Å². The van der Waals surface area contributed by atoms with Crippen LogP contribution in [0.3, 0.4) is 0 Å². The molecule has 0 spiro atoms. The predicted molar refractivity (Wildman–Crippen MR) is 84.2 cm³/mol. The number of hydrogen-bond acceptors (Lipinski definition) is 4. The molecule has 0 aliphatic carbocycles. The summed E-state index contributed by atoms with van der Waals surface area (Å²) < 4.78 is 68.6. The van der Waals surface area contributed by atoms with Crippen molar-refractivity contribution in [1.82, 2.24) is 19.2 Å². The van der Waals surface area contributed by atoms with E-state index in [4.69, 9.17) is 0 Å². The number of hydrogen-bond donors (Lipinski definition) is 1. The fourth-order valence-electron chi connectivity index (χ4n) is 2.94. The molecule has 1 aliphatic rings. The monoisotopic (exact) mass is 374 g/mol. The maximum atomic E-state index is 13.3. The number of halogens is 3. The summed E-state index contributed by atoms with van der Waals surface area (Å²) in [5.41, 5.74) is -1.16. The zero-order valence-corrected chi connectivity index (χ0v) is 14.2. The fourth-order valence-corrected chi connectivity index (χ4v) is 4.74. The summed E-state index contributed by atoms with van der Waals surface area (Å²) in [5, 5.41) is 3.07. The maximum absolute atomic E-state index is 13.3. The molecule has 25 heavy (non-hydrogen) atoms. The van der Waals surface area contributed by atoms with Gasteiger partial charge in [-0.2, -0.15) is 17.5 Å². The van der Waals surface area contributed by atoms with Crippen molar-refractivity contribution in [2.45, 2.75) is 17.1 Å². The number of nitrogens with zero attached hydrogens (tertiary/aromatic N) is 3. The van der Waals surface area contributed by atoms with Crippen molar-refractivity contribution in [3.63, 3.8) is 0 Å². The van der Waals surface area contributed by atoms with Gasteiger partial charge in [-0.3, -0.25) is 0 Å². The van der Waals surface area contributed by atoms with Crippen molar-refractivity contribution >= 4 is 10.0 Å². The van der Waals surface area contributed by atoms with E-state index in [9.17, 15) is 21.6 Å². The molecule has 6 nitrogen and oxygen atoms in total. The number of benzene rings is 1. The van der Waals surface area contributed by atoms with Crippen molar-refractivity contribution in [1.29, 1.82) is 0 Å². The summed E-state index contributed by atoms with van der Waals surface area (Å²) >= 11 is 0. The van der Waals surface area contributed by atoms with Gasteiger partial charge in [-0.25, -0.2) is 13.4 Å². The van der Waals surface area contributed by atoms with Crippen LogP contribution in [-0.4, -0.2) is 41.9 Å². The lowest BCUT2D eigenvalue weighted by atomic mass is 10.2. The SMILES string of the molecule is Cn1ccnc1C1CNCCN1S(=O)(=O)c1ccccc1C(F)(F)F. The Morgan fingerprint density at radius 3 is 2.64 bits per heavy atom. The molecule has 1 unspecified atom stereocenters. The lowest BCUT2D eigenvalue weighted by Gasteiger charge is -2.35. The lowest BCUT2D eigenvalue weighted by Crippen LogP contribution is -2.49. The first-order valence-electron chi connectivity index (χ1n) is 7.59. The first kappa shape index (κ1) is 17.9. The van der Waals surface area contributed by atoms with Gasteiger partial charge in [0.25, 0.3) is 0 Å². The van der Waals surface area contributed by atoms with E-state index in [1.807, 2.05) is 0 Å². The molecule has 1 fully saturated rings. The van der Waals surface area contributed by atoms with Crippen LogP contribution in [0.25, 0.3) is 0 Å². The number of piperazine rings is 1. The average Bonchev–Trinajstić information content (AvgIpc) is 3.00. The smallest absolute Gasteiger partial charge is 0.337 e. The molecule has 1 atom stereocenters. The second-order valence-electron chi connectivity index (χ2n) is 5.73. The summed E-state index contributed by atoms with van der Waals surface area (Å²) in [6.45, 7) is 0.693. The van der Waals surface area contributed by atoms with Crippen LogP contribution < -0.4 is 5.32 Å². The largest absolute Gasteiger partial charge is 0.417 e. The second kappa shape index (κ2) is 6.43. The fraction of sp³-hybridized carbons (Fsp3) is 0.400. The molecule has 136 valence electrons. The van der Waals surface area contributed by atoms with Gasteiger partial charge in [0.05, 0.1) is 16.5 Å². The molecule has 1 aliphatic heterocycles. The molecular weight excluding hydrogens is 357 g/mol. The number of aromatic nitrogens is 2. The lowest BCUT2D eigenvalue weighted by molar-refractivity contribution is -0.139. The molecule has 2 aromatic rings. The highest BCUT2D eigenvalue weighted by Gasteiger charge is 2.42. The third kappa shape index (κ3) is 3.29. The van der Waals surface area contributed by atoms with E-state index in [1.54, 1.807) is 17.8 Å². The van der Waals surface area contributed by atoms with Gasteiger partial charge in [-0.15, -0.1) is 0 Å². The van der Waals surface area contributed by atoms with Crippen molar-refractivity contribution in [2.75, 3.05) is 19.6 Å². The molecule has 0 saturated carbocycles. The molecule has 1 aromatic carbocycles. The van der Waals surface area contributed by atoms with Gasteiger partial charge in [0, 0.05) is 39.1 Å². The highest BCUT2D eigenvalue weighted by atomic mass is 32.2. The normalized spacial score (nSPS) is 19.9. The molecule has 0 bridgehead atoms. The van der Waals surface area contributed by atoms with Gasteiger partial charge in [-0.1, -0.05) is 12.1 Å². The van der Waals surface area contributed by atoms with E-state index in [0.717, 1.165) is 16.4 Å². The Bertz CT molecular complexity index is 864. The first-order valence-corrected chi connectivity index (χ1v) is 9.03. The minimum Gasteiger partial charge on any atom is -0.337 e. The van der Waals surface area contributed by atoms with Gasteiger partial charge >= 0.3 is 6.18 Å². The number of sulfonamides is 1. The van der Waals surface area contributed by atoms with E-state index in [0.29, 0.717) is 12.4 Å². The zero-order valence-electron chi connectivity index (χ0n) is 13.4. The van der Waals surface area contributed by atoms with Crippen LogP contribution in [0.4, 0.5) is 13.2 Å². The highest BCUT2D eigenvalue weighted by molar-refractivity contribution is 7.89. The summed E-state index contributed by atoms with van der Waals surface area (Å²) in [5.74, 6) is 0.472. The van der Waals surface area contributed by atoms with E-state index in [-0.39, 0.29) is 13.1 Å². The topological polar surface area (TPSA) is 67.2 Å². The minimum atomic E-state index is -4.75. The van der Waals surface area contributed by atoms with Gasteiger partial charge in [-0.05, 0) is 12.1 Å². The summed E-state index contributed by atoms with van der Waals surface area (Å²) in [4.78, 5) is 3.43. The van der Waals surface area contributed by atoms with Crippen LogP contribution in [0.5, 0.6) is 0 Å². The zero-order chi connectivity index (χ0) is 18.2. The predicted octanol–water partition coefficient (Wildman–Crippen LogP) is 1.77. The molecule has 1 N–H and O–H groups in total. The molecule has 1 saturated heterocycles. The molecule has 0 amide bonds. The standard InChI is InChI=1S/C15H17F3N4O2S/c1-21-8-7-20-14(21)12-10-19-6-9-22(12)25(23,24)13-5-3-2-4-11(13)15(16,17)18/h2-5,7-8,12,19H,6,9-10H2,1H3. The minimum absolute atomic E-state index is 0.0616. The van der Waals surface area contributed by atoms with Crippen LogP contribution in [-0.2, 0) is 23.2 Å². The quantitative estimate of drug-likeness (QED) is 0.889. The Kier molecular flexibility index (Phi) is 4.60. The third-order valence-corrected chi connectivity index (χ3v) is 6.10.